The molecule has 0 spiro atoms. The highest BCUT2D eigenvalue weighted by molar-refractivity contribution is 7.89. The highest BCUT2D eigenvalue weighted by atomic mass is 32.2. The molecule has 1 atom stereocenters. The molecular formula is C22H18F3N5O3S. The summed E-state index contributed by atoms with van der Waals surface area (Å²) in [6.07, 6.45) is 3.17. The molecule has 8 nitrogen and oxygen atoms in total. The highest BCUT2D eigenvalue weighted by Gasteiger charge is 2.39. The van der Waals surface area contributed by atoms with Crippen LogP contribution in [0.25, 0.3) is 28.1 Å². The quantitative estimate of drug-likeness (QED) is 0.562. The topological polar surface area (TPSA) is 110 Å². The molecular weight excluding hydrogens is 471 g/mol. The van der Waals surface area contributed by atoms with E-state index in [2.05, 4.69) is 16.0 Å². The van der Waals surface area contributed by atoms with Gasteiger partial charge in [0.1, 0.15) is 28.4 Å². The predicted octanol–water partition coefficient (Wildman–Crippen LogP) is 3.93. The number of hydrogen-bond acceptors (Lipinski definition) is 6. The zero-order valence-corrected chi connectivity index (χ0v) is 19.0. The lowest BCUT2D eigenvalue weighted by atomic mass is 10.1. The maximum atomic E-state index is 12.9. The molecule has 1 N–H and O–H groups in total. The van der Waals surface area contributed by atoms with Crippen LogP contribution in [0.3, 0.4) is 0 Å². The molecule has 1 aliphatic carbocycles. The van der Waals surface area contributed by atoms with Gasteiger partial charge in [0.2, 0.25) is 10.0 Å². The molecule has 34 heavy (non-hydrogen) atoms. The first-order valence-electron chi connectivity index (χ1n) is 9.91. The number of nitriles is 1. The van der Waals surface area contributed by atoms with Crippen molar-refractivity contribution in [3.05, 3.63) is 53.9 Å². The molecule has 12 heteroatoms. The number of alkyl halides is 3. The third-order valence-corrected chi connectivity index (χ3v) is 6.84. The number of hydrogen-bond donors (Lipinski definition) is 1. The van der Waals surface area contributed by atoms with Crippen molar-refractivity contribution in [2.45, 2.75) is 31.0 Å². The Kier molecular flexibility index (Phi) is 5.71. The number of nitrogens with zero attached hydrogens (tertiary/aromatic N) is 4. The first kappa shape index (κ1) is 23.5. The van der Waals surface area contributed by atoms with E-state index in [-0.39, 0.29) is 11.3 Å². The van der Waals surface area contributed by atoms with Gasteiger partial charge in [0.25, 0.3) is 0 Å². The molecule has 0 aromatic carbocycles. The first-order valence-corrected chi connectivity index (χ1v) is 11.4. The smallest absolute Gasteiger partial charge is 0.404 e. The lowest BCUT2D eigenvalue weighted by molar-refractivity contribution is -0.147. The summed E-state index contributed by atoms with van der Waals surface area (Å²) >= 11 is 0. The van der Waals surface area contributed by atoms with Gasteiger partial charge in [-0.25, -0.2) is 13.4 Å². The summed E-state index contributed by atoms with van der Waals surface area (Å²) in [4.78, 5) is 8.25. The van der Waals surface area contributed by atoms with Crippen molar-refractivity contribution >= 4 is 26.8 Å². The Bertz CT molecular complexity index is 1520. The number of halogens is 3. The number of rotatable bonds is 6. The van der Waals surface area contributed by atoms with Crippen LogP contribution in [0.2, 0.25) is 0 Å². The van der Waals surface area contributed by atoms with Crippen LogP contribution in [-0.2, 0) is 10.0 Å². The van der Waals surface area contributed by atoms with Gasteiger partial charge in [-0.2, -0.15) is 23.2 Å². The summed E-state index contributed by atoms with van der Waals surface area (Å²) in [7, 11) is -3.01. The fourth-order valence-corrected chi connectivity index (χ4v) is 4.75. The Balaban J connectivity index is 1.88. The molecule has 1 unspecified atom stereocenters. The number of sulfonamides is 1. The van der Waals surface area contributed by atoms with Crippen molar-refractivity contribution in [1.82, 2.24) is 19.3 Å². The van der Waals surface area contributed by atoms with E-state index in [1.807, 2.05) is 18.2 Å². The SMILES string of the molecule is COc1cnc2c(c1)c(C#N)c(-c1ncc(S(=O)(=O)NC(C)C(F)(F)F)cc1C)n2C1=CC=C1. The Morgan fingerprint density at radius 2 is 1.94 bits per heavy atom. The van der Waals surface area contributed by atoms with E-state index in [4.69, 9.17) is 4.74 Å². The Labute approximate surface area is 193 Å². The highest BCUT2D eigenvalue weighted by Crippen LogP contribution is 2.38. The number of ether oxygens (including phenoxy) is 1. The lowest BCUT2D eigenvalue weighted by Crippen LogP contribution is -2.43. The van der Waals surface area contributed by atoms with E-state index in [1.165, 1.54) is 19.4 Å². The van der Waals surface area contributed by atoms with Crippen molar-refractivity contribution in [2.24, 2.45) is 0 Å². The normalized spacial score (nSPS) is 14.4. The molecule has 3 heterocycles. The van der Waals surface area contributed by atoms with E-state index in [9.17, 15) is 26.9 Å². The van der Waals surface area contributed by atoms with Gasteiger partial charge in [0, 0.05) is 17.3 Å². The minimum atomic E-state index is -4.74. The second-order valence-electron chi connectivity index (χ2n) is 7.59. The summed E-state index contributed by atoms with van der Waals surface area (Å²) in [5, 5.41) is 10.5. The van der Waals surface area contributed by atoms with Crippen LogP contribution in [0.15, 0.2) is 47.6 Å². The molecule has 0 radical (unpaired) electrons. The number of aryl methyl sites for hydroxylation is 1. The van der Waals surface area contributed by atoms with Gasteiger partial charge in [-0.3, -0.25) is 9.55 Å². The summed E-state index contributed by atoms with van der Waals surface area (Å²) in [5.74, 6) is 0.446. The van der Waals surface area contributed by atoms with E-state index in [1.54, 1.807) is 22.3 Å². The minimum Gasteiger partial charge on any atom is -0.495 e. The number of methoxy groups -OCH3 is 1. The number of fused-ring (bicyclic) bond motifs is 1. The van der Waals surface area contributed by atoms with Gasteiger partial charge in [0.15, 0.2) is 0 Å². The maximum absolute atomic E-state index is 12.9. The van der Waals surface area contributed by atoms with Crippen molar-refractivity contribution in [3.8, 4) is 23.2 Å². The zero-order chi connectivity index (χ0) is 24.8. The largest absolute Gasteiger partial charge is 0.495 e. The molecule has 0 amide bonds. The summed E-state index contributed by atoms with van der Waals surface area (Å²) < 4.78 is 72.1. The summed E-state index contributed by atoms with van der Waals surface area (Å²) in [5.41, 5.74) is 2.47. The van der Waals surface area contributed by atoms with E-state index in [0.29, 0.717) is 35.0 Å². The molecule has 1 aliphatic rings. The van der Waals surface area contributed by atoms with Crippen molar-refractivity contribution in [2.75, 3.05) is 7.11 Å². The van der Waals surface area contributed by atoms with Crippen molar-refractivity contribution in [3.63, 3.8) is 0 Å². The molecule has 0 saturated carbocycles. The van der Waals surface area contributed by atoms with Gasteiger partial charge in [0.05, 0.1) is 30.3 Å². The zero-order valence-electron chi connectivity index (χ0n) is 18.2. The number of pyridine rings is 2. The molecule has 0 saturated heterocycles. The first-order chi connectivity index (χ1) is 16.0. The second-order valence-corrected chi connectivity index (χ2v) is 9.30. The van der Waals surface area contributed by atoms with Gasteiger partial charge in [-0.15, -0.1) is 0 Å². The van der Waals surface area contributed by atoms with Crippen LogP contribution in [0.5, 0.6) is 5.75 Å². The number of aromatic nitrogens is 3. The average molecular weight is 489 g/mol. The molecule has 3 aromatic heterocycles. The van der Waals surface area contributed by atoms with E-state index in [0.717, 1.165) is 11.9 Å². The third kappa shape index (κ3) is 3.93. The molecule has 0 aliphatic heterocycles. The van der Waals surface area contributed by atoms with Crippen LogP contribution in [0, 0.1) is 18.3 Å². The van der Waals surface area contributed by atoms with Crippen molar-refractivity contribution in [1.29, 1.82) is 5.26 Å². The monoisotopic (exact) mass is 489 g/mol. The van der Waals surface area contributed by atoms with Gasteiger partial charge in [-0.1, -0.05) is 6.08 Å². The summed E-state index contributed by atoms with van der Waals surface area (Å²) in [6.45, 7) is 2.28. The van der Waals surface area contributed by atoms with E-state index >= 15 is 0 Å². The minimum absolute atomic E-state index is 0.248. The lowest BCUT2D eigenvalue weighted by Gasteiger charge is -2.18. The molecule has 0 fully saturated rings. The van der Waals surface area contributed by atoms with Crippen LogP contribution in [0.1, 0.15) is 18.1 Å². The van der Waals surface area contributed by atoms with E-state index < -0.39 is 27.1 Å². The molecule has 176 valence electrons. The fraction of sp³-hybridized carbons (Fsp3) is 0.227. The van der Waals surface area contributed by atoms with Crippen LogP contribution < -0.4 is 9.46 Å². The summed E-state index contributed by atoms with van der Waals surface area (Å²) in [6, 6.07) is 2.77. The third-order valence-electron chi connectivity index (χ3n) is 5.33. The Morgan fingerprint density at radius 1 is 1.24 bits per heavy atom. The fourth-order valence-electron chi connectivity index (χ4n) is 3.49. The maximum Gasteiger partial charge on any atom is 0.404 e. The predicted molar refractivity (Wildman–Crippen MR) is 118 cm³/mol. The van der Waals surface area contributed by atoms with Gasteiger partial charge >= 0.3 is 6.18 Å². The Morgan fingerprint density at radius 3 is 2.47 bits per heavy atom. The van der Waals surface area contributed by atoms with Crippen molar-refractivity contribution < 1.29 is 26.3 Å². The standard InChI is InChI=1S/C22H18F3N5O3S/c1-12-7-16(34(31,32)29-13(2)22(23,24)25)11-27-19(12)20-18(9-26)17-8-15(33-3)10-28-21(17)30(20)14-5-4-6-14/h4-8,10-11,13,29H,1-3H3. The molecule has 3 aromatic rings. The number of nitrogens with one attached hydrogen (secondary N) is 1. The van der Waals surface area contributed by atoms with Crippen LogP contribution in [-0.4, -0.2) is 42.3 Å². The second kappa shape index (κ2) is 8.27. The average Bonchev–Trinajstić information content (AvgIpc) is 3.04. The molecule has 4 rings (SSSR count). The molecule has 0 bridgehead atoms. The van der Waals surface area contributed by atoms with Gasteiger partial charge in [-0.05, 0) is 43.7 Å². The van der Waals surface area contributed by atoms with Crippen LogP contribution >= 0.6 is 0 Å². The van der Waals surface area contributed by atoms with Gasteiger partial charge < -0.3 is 4.74 Å². The van der Waals surface area contributed by atoms with Crippen LogP contribution in [0.4, 0.5) is 13.2 Å². The Hall–Kier alpha value is -3.69. The number of allylic oxidation sites excluding steroid dienone is 4.